The molecule has 2 nitrogen and oxygen atoms in total. The molecule has 1 fully saturated rings. The number of hydrogen-bond acceptors (Lipinski definition) is 2. The van der Waals surface area contributed by atoms with Crippen LogP contribution in [0.25, 0.3) is 0 Å². The maximum atomic E-state index is 13.4. The van der Waals surface area contributed by atoms with E-state index in [1.54, 1.807) is 6.07 Å². The Kier molecular flexibility index (Phi) is 4.76. The lowest BCUT2D eigenvalue weighted by atomic mass is 9.81. The van der Waals surface area contributed by atoms with Crippen LogP contribution < -0.4 is 11.3 Å². The zero-order valence-corrected chi connectivity index (χ0v) is 11.5. The quantitative estimate of drug-likeness (QED) is 0.648. The highest BCUT2D eigenvalue weighted by Gasteiger charge is 2.37. The first-order valence-corrected chi connectivity index (χ1v) is 6.98. The molecule has 1 aromatic rings. The zero-order valence-electron chi connectivity index (χ0n) is 10.7. The molecule has 2 rings (SSSR count). The largest absolute Gasteiger partial charge is 0.271 e. The maximum Gasteiger partial charge on any atom is 0.248 e. The van der Waals surface area contributed by atoms with Crippen LogP contribution in [0.15, 0.2) is 24.3 Å². The van der Waals surface area contributed by atoms with Crippen molar-refractivity contribution in [3.63, 3.8) is 0 Å². The second kappa shape index (κ2) is 6.16. The van der Waals surface area contributed by atoms with Crippen molar-refractivity contribution in [2.45, 2.75) is 44.1 Å². The fourth-order valence-corrected chi connectivity index (χ4v) is 3.12. The van der Waals surface area contributed by atoms with Crippen LogP contribution in [0.5, 0.6) is 0 Å². The van der Waals surface area contributed by atoms with Gasteiger partial charge in [-0.05, 0) is 36.8 Å². The number of halogens is 3. The summed E-state index contributed by atoms with van der Waals surface area (Å²) in [5.41, 5.74) is 3.58. The molecule has 0 amide bonds. The molecule has 1 saturated carbocycles. The van der Waals surface area contributed by atoms with E-state index < -0.39 is 5.92 Å². The Bertz CT molecular complexity index is 426. The molecule has 2 atom stereocenters. The summed E-state index contributed by atoms with van der Waals surface area (Å²) in [5, 5.41) is 0.619. The fourth-order valence-electron chi connectivity index (χ4n) is 2.85. The van der Waals surface area contributed by atoms with Crippen molar-refractivity contribution in [3.05, 3.63) is 34.9 Å². The van der Waals surface area contributed by atoms with Crippen LogP contribution in [0, 0.1) is 5.92 Å². The van der Waals surface area contributed by atoms with Crippen molar-refractivity contribution < 1.29 is 8.78 Å². The fraction of sp³-hybridized carbons (Fsp3) is 0.571. The minimum absolute atomic E-state index is 0.0102. The molecule has 2 unspecified atom stereocenters. The van der Waals surface area contributed by atoms with Gasteiger partial charge in [0.15, 0.2) is 0 Å². The van der Waals surface area contributed by atoms with E-state index in [0.717, 1.165) is 12.0 Å². The highest BCUT2D eigenvalue weighted by molar-refractivity contribution is 6.31. The maximum absolute atomic E-state index is 13.4. The Morgan fingerprint density at radius 3 is 2.79 bits per heavy atom. The molecule has 0 radical (unpaired) electrons. The number of rotatable bonds is 4. The number of hydrogen-bond donors (Lipinski definition) is 2. The van der Waals surface area contributed by atoms with Crippen LogP contribution >= 0.6 is 11.6 Å². The summed E-state index contributed by atoms with van der Waals surface area (Å²) in [6.45, 7) is 0. The van der Waals surface area contributed by atoms with Crippen LogP contribution in [-0.4, -0.2) is 5.92 Å². The second-order valence-electron chi connectivity index (χ2n) is 5.29. The van der Waals surface area contributed by atoms with Crippen molar-refractivity contribution in [1.82, 2.24) is 5.43 Å². The lowest BCUT2D eigenvalue weighted by Gasteiger charge is -2.31. The van der Waals surface area contributed by atoms with Crippen molar-refractivity contribution in [2.24, 2.45) is 11.8 Å². The van der Waals surface area contributed by atoms with Crippen LogP contribution in [0.3, 0.4) is 0 Å². The number of benzene rings is 1. The Balaban J connectivity index is 2.05. The lowest BCUT2D eigenvalue weighted by molar-refractivity contribution is -0.0548. The molecule has 106 valence electrons. The summed E-state index contributed by atoms with van der Waals surface area (Å²) in [6.07, 6.45) is 1.97. The number of alkyl halides is 2. The van der Waals surface area contributed by atoms with Gasteiger partial charge in [-0.2, -0.15) is 0 Å². The van der Waals surface area contributed by atoms with E-state index in [9.17, 15) is 8.78 Å². The van der Waals surface area contributed by atoms with Gasteiger partial charge in [-0.25, -0.2) is 8.78 Å². The summed E-state index contributed by atoms with van der Waals surface area (Å²) in [6, 6.07) is 7.22. The van der Waals surface area contributed by atoms with E-state index in [-0.39, 0.29) is 24.8 Å². The zero-order chi connectivity index (χ0) is 13.9. The molecular weight excluding hydrogens is 270 g/mol. The molecule has 0 saturated heterocycles. The van der Waals surface area contributed by atoms with Gasteiger partial charge in [0.2, 0.25) is 5.92 Å². The number of hydrazine groups is 1. The number of nitrogens with one attached hydrogen (secondary N) is 1. The van der Waals surface area contributed by atoms with Crippen LogP contribution in [0.1, 0.15) is 43.7 Å². The molecule has 0 heterocycles. The molecule has 1 aromatic carbocycles. The van der Waals surface area contributed by atoms with Crippen LogP contribution in [-0.2, 0) is 0 Å². The normalized spacial score (nSPS) is 24.1. The van der Waals surface area contributed by atoms with Gasteiger partial charge in [-0.15, -0.1) is 0 Å². The molecular formula is C14H19ClF2N2. The van der Waals surface area contributed by atoms with E-state index >= 15 is 0 Å². The molecule has 0 bridgehead atoms. The first-order valence-electron chi connectivity index (χ1n) is 6.60. The average Bonchev–Trinajstić information content (AvgIpc) is 2.36. The van der Waals surface area contributed by atoms with Crippen molar-refractivity contribution in [3.8, 4) is 0 Å². The minimum atomic E-state index is -2.53. The second-order valence-corrected chi connectivity index (χ2v) is 5.70. The van der Waals surface area contributed by atoms with Gasteiger partial charge in [-0.1, -0.05) is 29.8 Å². The summed E-state index contributed by atoms with van der Waals surface area (Å²) >= 11 is 6.13. The average molecular weight is 289 g/mol. The summed E-state index contributed by atoms with van der Waals surface area (Å²) in [4.78, 5) is 0. The molecule has 0 aliphatic heterocycles. The lowest BCUT2D eigenvalue weighted by Crippen LogP contribution is -2.33. The third-order valence-electron chi connectivity index (χ3n) is 3.79. The van der Waals surface area contributed by atoms with E-state index in [4.69, 9.17) is 17.4 Å². The third-order valence-corrected chi connectivity index (χ3v) is 4.14. The first-order chi connectivity index (χ1) is 9.02. The first kappa shape index (κ1) is 14.7. The van der Waals surface area contributed by atoms with Gasteiger partial charge in [0.25, 0.3) is 0 Å². The Morgan fingerprint density at radius 2 is 2.16 bits per heavy atom. The summed E-state index contributed by atoms with van der Waals surface area (Å²) in [7, 11) is 0. The predicted octanol–water partition coefficient (Wildman–Crippen LogP) is 4.06. The smallest absolute Gasteiger partial charge is 0.248 e. The van der Waals surface area contributed by atoms with Gasteiger partial charge < -0.3 is 0 Å². The van der Waals surface area contributed by atoms with Crippen molar-refractivity contribution in [1.29, 1.82) is 0 Å². The Labute approximate surface area is 117 Å². The van der Waals surface area contributed by atoms with Gasteiger partial charge in [0.05, 0.1) is 0 Å². The molecule has 1 aliphatic rings. The molecule has 5 heteroatoms. The van der Waals surface area contributed by atoms with Gasteiger partial charge >= 0.3 is 0 Å². The van der Waals surface area contributed by atoms with Gasteiger partial charge in [0, 0.05) is 23.9 Å². The Hall–Kier alpha value is -0.710. The van der Waals surface area contributed by atoms with E-state index in [1.165, 1.54) is 0 Å². The minimum Gasteiger partial charge on any atom is -0.271 e. The van der Waals surface area contributed by atoms with Crippen molar-refractivity contribution >= 4 is 11.6 Å². The molecule has 0 spiro atoms. The van der Waals surface area contributed by atoms with Gasteiger partial charge in [-0.3, -0.25) is 11.3 Å². The SMILES string of the molecule is NNC(CC1CCCC(F)(F)C1)c1ccccc1Cl. The Morgan fingerprint density at radius 1 is 1.42 bits per heavy atom. The standard InChI is InChI=1S/C14H19ClF2N2/c15-12-6-2-1-5-11(12)13(19-18)8-10-4-3-7-14(16,17)9-10/h1-2,5-6,10,13,19H,3-4,7-9,18H2. The topological polar surface area (TPSA) is 38.0 Å². The van der Waals surface area contributed by atoms with Crippen LogP contribution in [0.4, 0.5) is 8.78 Å². The molecule has 3 N–H and O–H groups in total. The van der Waals surface area contributed by atoms with Crippen molar-refractivity contribution in [2.75, 3.05) is 0 Å². The molecule has 19 heavy (non-hydrogen) atoms. The van der Waals surface area contributed by atoms with Crippen LogP contribution in [0.2, 0.25) is 5.02 Å². The molecule has 1 aliphatic carbocycles. The highest BCUT2D eigenvalue weighted by Crippen LogP contribution is 2.40. The molecule has 0 aromatic heterocycles. The predicted molar refractivity (Wildman–Crippen MR) is 73.0 cm³/mol. The van der Waals surface area contributed by atoms with Gasteiger partial charge in [0.1, 0.15) is 0 Å². The van der Waals surface area contributed by atoms with E-state index in [0.29, 0.717) is 17.9 Å². The summed E-state index contributed by atoms with van der Waals surface area (Å²) < 4.78 is 26.8. The highest BCUT2D eigenvalue weighted by atomic mass is 35.5. The number of nitrogens with two attached hydrogens (primary N) is 1. The third kappa shape index (κ3) is 3.88. The summed E-state index contributed by atoms with van der Waals surface area (Å²) in [5.74, 6) is 3.02. The van der Waals surface area contributed by atoms with E-state index in [2.05, 4.69) is 5.43 Å². The monoisotopic (exact) mass is 288 g/mol. The van der Waals surface area contributed by atoms with E-state index in [1.807, 2.05) is 18.2 Å².